The zero-order chi connectivity index (χ0) is 15.1. The minimum Gasteiger partial charge on any atom is -0.396 e. The number of amides is 2. The van der Waals surface area contributed by atoms with Crippen LogP contribution in [0.15, 0.2) is 34.9 Å². The fourth-order valence-corrected chi connectivity index (χ4v) is 2.48. The molecule has 1 aliphatic rings. The second kappa shape index (κ2) is 4.85. The fourth-order valence-electron chi connectivity index (χ4n) is 2.14. The number of imide groups is 1. The Balaban J connectivity index is 1.95. The van der Waals surface area contributed by atoms with Crippen molar-refractivity contribution in [2.75, 3.05) is 18.1 Å². The zero-order valence-electron chi connectivity index (χ0n) is 11.1. The first kappa shape index (κ1) is 13.6. The highest BCUT2D eigenvalue weighted by Crippen LogP contribution is 2.28. The van der Waals surface area contributed by atoms with E-state index in [-0.39, 0.29) is 11.8 Å². The summed E-state index contributed by atoms with van der Waals surface area (Å²) in [7, 11) is 1.46. The van der Waals surface area contributed by atoms with Crippen LogP contribution in [0.2, 0.25) is 0 Å². The van der Waals surface area contributed by atoms with Gasteiger partial charge in [-0.2, -0.15) is 0 Å². The number of rotatable bonds is 2. The first-order chi connectivity index (χ1) is 9.97. The van der Waals surface area contributed by atoms with Gasteiger partial charge < -0.3 is 11.1 Å². The number of nitrogens with two attached hydrogens (primary N) is 1. The van der Waals surface area contributed by atoms with E-state index in [2.05, 4.69) is 26.2 Å². The molecule has 106 valence electrons. The molecule has 2 heterocycles. The number of halogens is 1. The number of fused-ring (bicyclic) bond motifs is 1. The normalized spacial score (nSPS) is 13.5. The van der Waals surface area contributed by atoms with E-state index in [4.69, 9.17) is 5.73 Å². The molecule has 1 aromatic heterocycles. The highest BCUT2D eigenvalue weighted by atomic mass is 79.9. The largest absolute Gasteiger partial charge is 0.396 e. The second-order valence-electron chi connectivity index (χ2n) is 4.65. The van der Waals surface area contributed by atoms with Crippen molar-refractivity contribution in [2.24, 2.45) is 0 Å². The lowest BCUT2D eigenvalue weighted by Gasteiger charge is -2.09. The van der Waals surface area contributed by atoms with Gasteiger partial charge in [-0.1, -0.05) is 0 Å². The van der Waals surface area contributed by atoms with Crippen LogP contribution >= 0.6 is 15.9 Å². The number of nitrogen functional groups attached to an aromatic ring is 1. The number of aromatic nitrogens is 1. The van der Waals surface area contributed by atoms with E-state index >= 15 is 0 Å². The molecule has 7 heteroatoms. The monoisotopic (exact) mass is 346 g/mol. The lowest BCUT2D eigenvalue weighted by atomic mass is 10.1. The van der Waals surface area contributed by atoms with Crippen LogP contribution in [0.25, 0.3) is 0 Å². The Labute approximate surface area is 129 Å². The number of nitrogens with one attached hydrogen (secondary N) is 1. The SMILES string of the molecule is CN1C(=O)c2ccc(Nc3ncc(Br)cc3N)cc2C1=O. The molecule has 0 saturated heterocycles. The molecular weight excluding hydrogens is 336 g/mol. The smallest absolute Gasteiger partial charge is 0.261 e. The van der Waals surface area contributed by atoms with Gasteiger partial charge in [-0.15, -0.1) is 0 Å². The molecule has 0 fully saturated rings. The lowest BCUT2D eigenvalue weighted by Crippen LogP contribution is -2.24. The number of benzene rings is 1. The molecule has 21 heavy (non-hydrogen) atoms. The van der Waals surface area contributed by atoms with Crippen LogP contribution in [-0.4, -0.2) is 28.7 Å². The van der Waals surface area contributed by atoms with E-state index < -0.39 is 0 Å². The first-order valence-corrected chi connectivity index (χ1v) is 6.91. The van der Waals surface area contributed by atoms with E-state index in [0.29, 0.717) is 28.3 Å². The third-order valence-electron chi connectivity index (χ3n) is 3.24. The second-order valence-corrected chi connectivity index (χ2v) is 5.56. The van der Waals surface area contributed by atoms with Gasteiger partial charge in [-0.05, 0) is 40.2 Å². The van der Waals surface area contributed by atoms with Gasteiger partial charge in [0.05, 0.1) is 16.8 Å². The van der Waals surface area contributed by atoms with Crippen LogP contribution in [0.4, 0.5) is 17.2 Å². The van der Waals surface area contributed by atoms with Gasteiger partial charge in [0.15, 0.2) is 5.82 Å². The van der Waals surface area contributed by atoms with Gasteiger partial charge in [-0.25, -0.2) is 4.98 Å². The number of hydrogen-bond acceptors (Lipinski definition) is 5. The van der Waals surface area contributed by atoms with Crippen molar-refractivity contribution < 1.29 is 9.59 Å². The van der Waals surface area contributed by atoms with E-state index in [1.54, 1.807) is 30.5 Å². The van der Waals surface area contributed by atoms with Crippen LogP contribution in [-0.2, 0) is 0 Å². The minimum absolute atomic E-state index is 0.289. The molecule has 2 aromatic rings. The van der Waals surface area contributed by atoms with Gasteiger partial charge in [0, 0.05) is 23.4 Å². The van der Waals surface area contributed by atoms with E-state index in [1.165, 1.54) is 7.05 Å². The number of pyridine rings is 1. The molecule has 0 unspecified atom stereocenters. The van der Waals surface area contributed by atoms with Crippen molar-refractivity contribution in [3.8, 4) is 0 Å². The Morgan fingerprint density at radius 3 is 2.62 bits per heavy atom. The molecule has 0 radical (unpaired) electrons. The number of carbonyl (C=O) groups is 2. The summed E-state index contributed by atoms with van der Waals surface area (Å²) >= 11 is 3.29. The number of hydrogen-bond donors (Lipinski definition) is 2. The molecule has 6 nitrogen and oxygen atoms in total. The molecule has 1 aliphatic heterocycles. The van der Waals surface area contributed by atoms with Gasteiger partial charge in [-0.3, -0.25) is 14.5 Å². The van der Waals surface area contributed by atoms with Crippen molar-refractivity contribution in [2.45, 2.75) is 0 Å². The maximum Gasteiger partial charge on any atom is 0.261 e. The molecule has 3 N–H and O–H groups in total. The summed E-state index contributed by atoms with van der Waals surface area (Å²) in [4.78, 5) is 29.0. The Bertz CT molecular complexity index is 776. The van der Waals surface area contributed by atoms with Crippen LogP contribution in [0.3, 0.4) is 0 Å². The maximum atomic E-state index is 12.0. The van der Waals surface area contributed by atoms with E-state index in [0.717, 1.165) is 9.37 Å². The quantitative estimate of drug-likeness (QED) is 0.815. The standard InChI is InChI=1S/C14H11BrN4O2/c1-19-13(20)9-3-2-8(5-10(9)14(19)21)18-12-11(16)4-7(15)6-17-12/h2-6H,16H2,1H3,(H,17,18). The Morgan fingerprint density at radius 2 is 1.90 bits per heavy atom. The number of anilines is 3. The lowest BCUT2D eigenvalue weighted by molar-refractivity contribution is 0.0693. The molecule has 0 bridgehead atoms. The van der Waals surface area contributed by atoms with Crippen molar-refractivity contribution in [3.63, 3.8) is 0 Å². The Morgan fingerprint density at radius 1 is 1.19 bits per heavy atom. The maximum absolute atomic E-state index is 12.0. The molecule has 0 spiro atoms. The summed E-state index contributed by atoms with van der Waals surface area (Å²) in [5, 5.41) is 3.04. The summed E-state index contributed by atoms with van der Waals surface area (Å²) in [6.45, 7) is 0. The van der Waals surface area contributed by atoms with Crippen molar-refractivity contribution in [1.29, 1.82) is 0 Å². The van der Waals surface area contributed by atoms with Gasteiger partial charge in [0.1, 0.15) is 0 Å². The van der Waals surface area contributed by atoms with E-state index in [1.807, 2.05) is 0 Å². The predicted molar refractivity (Wildman–Crippen MR) is 82.5 cm³/mol. The third-order valence-corrected chi connectivity index (χ3v) is 3.67. The van der Waals surface area contributed by atoms with Gasteiger partial charge in [0.2, 0.25) is 0 Å². The third kappa shape index (κ3) is 2.25. The van der Waals surface area contributed by atoms with Crippen molar-refractivity contribution in [3.05, 3.63) is 46.1 Å². The summed E-state index contributed by atoms with van der Waals surface area (Å²) in [6.07, 6.45) is 1.62. The molecule has 0 aliphatic carbocycles. The van der Waals surface area contributed by atoms with Crippen LogP contribution in [0.1, 0.15) is 20.7 Å². The van der Waals surface area contributed by atoms with Crippen LogP contribution in [0, 0.1) is 0 Å². The highest BCUT2D eigenvalue weighted by Gasteiger charge is 2.32. The number of nitrogens with zero attached hydrogens (tertiary/aromatic N) is 2. The molecule has 2 amide bonds. The summed E-state index contributed by atoms with van der Waals surface area (Å²) < 4.78 is 0.780. The fraction of sp³-hybridized carbons (Fsp3) is 0.0714. The average Bonchev–Trinajstić information content (AvgIpc) is 2.67. The molecule has 1 aromatic carbocycles. The predicted octanol–water partition coefficient (Wildman–Crippen LogP) is 2.40. The van der Waals surface area contributed by atoms with Crippen LogP contribution < -0.4 is 11.1 Å². The van der Waals surface area contributed by atoms with Gasteiger partial charge in [0.25, 0.3) is 11.8 Å². The minimum atomic E-state index is -0.310. The van der Waals surface area contributed by atoms with E-state index in [9.17, 15) is 9.59 Å². The molecular formula is C14H11BrN4O2. The summed E-state index contributed by atoms with van der Waals surface area (Å²) in [5.41, 5.74) is 7.78. The van der Waals surface area contributed by atoms with Crippen molar-refractivity contribution >= 4 is 44.9 Å². The van der Waals surface area contributed by atoms with Crippen molar-refractivity contribution in [1.82, 2.24) is 9.88 Å². The zero-order valence-corrected chi connectivity index (χ0v) is 12.6. The summed E-state index contributed by atoms with van der Waals surface area (Å²) in [6, 6.07) is 6.69. The highest BCUT2D eigenvalue weighted by molar-refractivity contribution is 9.10. The van der Waals surface area contributed by atoms with Crippen LogP contribution in [0.5, 0.6) is 0 Å². The van der Waals surface area contributed by atoms with Gasteiger partial charge >= 0.3 is 0 Å². The summed E-state index contributed by atoms with van der Waals surface area (Å²) in [5.74, 6) is -0.110. The Kier molecular flexibility index (Phi) is 3.13. The first-order valence-electron chi connectivity index (χ1n) is 6.12. The average molecular weight is 347 g/mol. The molecule has 0 atom stereocenters. The number of carbonyl (C=O) groups excluding carboxylic acids is 2. The molecule has 0 saturated carbocycles. The Hall–Kier alpha value is -2.41. The molecule has 3 rings (SSSR count). The topological polar surface area (TPSA) is 88.3 Å².